The third-order valence-corrected chi connectivity index (χ3v) is 12.5. The van der Waals surface area contributed by atoms with E-state index >= 15 is 0 Å². The Labute approximate surface area is 312 Å². The molecule has 1 radical (unpaired) electrons. The molecule has 50 heavy (non-hydrogen) atoms. The standard InChI is InChI=1S/C24H15N4O.C18H24GeN.Ir/c1-15-10-11-18-17-8-5-9-19(22(17)29-24(18)26-15)23-27-20-12-13-25-14-21(20)28(23)16-6-3-2-4-7-16;1-14(2)11-16-12-18(15-9-7-6-8-10-15)20-13-17(16)19(3,4)5;/h2-8,10-14H,1H3;6-9,12-14H,11H2,1-5H3;/q2*-1;/i;11D2;. The average Bonchev–Trinajstić information content (AvgIpc) is 3.70. The summed E-state index contributed by atoms with van der Waals surface area (Å²) in [6.07, 6.45) is 4.15. The van der Waals surface area contributed by atoms with Gasteiger partial charge in [0, 0.05) is 43.1 Å². The van der Waals surface area contributed by atoms with Crippen LogP contribution < -0.4 is 4.40 Å². The molecule has 0 N–H and O–H groups in total. The van der Waals surface area contributed by atoms with Crippen LogP contribution in [0.5, 0.6) is 0 Å². The summed E-state index contributed by atoms with van der Waals surface area (Å²) in [6, 6.07) is 36.2. The molecule has 0 aliphatic heterocycles. The second kappa shape index (κ2) is 14.8. The maximum atomic E-state index is 8.56. The Balaban J connectivity index is 0.000000183. The van der Waals surface area contributed by atoms with Crippen molar-refractivity contribution in [2.45, 2.75) is 44.4 Å². The Bertz CT molecular complexity index is 2490. The van der Waals surface area contributed by atoms with E-state index in [1.54, 1.807) is 6.20 Å². The molecule has 5 aromatic heterocycles. The van der Waals surface area contributed by atoms with Crippen LogP contribution >= 0.6 is 0 Å². The molecule has 0 unspecified atom stereocenters. The van der Waals surface area contributed by atoms with Gasteiger partial charge in [-0.05, 0) is 37.3 Å². The van der Waals surface area contributed by atoms with Crippen molar-refractivity contribution in [1.29, 1.82) is 0 Å². The molecular formula is C42H39GeIrN5O-2. The van der Waals surface area contributed by atoms with Gasteiger partial charge in [0.2, 0.25) is 5.71 Å². The second-order valence-corrected chi connectivity index (χ2v) is 24.0. The maximum absolute atomic E-state index is 8.56. The molecule has 0 atom stereocenters. The summed E-state index contributed by atoms with van der Waals surface area (Å²) in [7, 11) is 0. The van der Waals surface area contributed by atoms with E-state index in [0.717, 1.165) is 71.4 Å². The van der Waals surface area contributed by atoms with E-state index in [1.165, 1.54) is 0 Å². The third kappa shape index (κ3) is 7.22. The molecule has 253 valence electrons. The molecule has 0 fully saturated rings. The van der Waals surface area contributed by atoms with Gasteiger partial charge in [-0.15, -0.1) is 18.2 Å². The minimum atomic E-state index is -2.20. The van der Waals surface area contributed by atoms with Crippen LogP contribution in [0.4, 0.5) is 0 Å². The number of hydrogen-bond acceptors (Lipinski definition) is 5. The second-order valence-electron chi connectivity index (χ2n) is 13.4. The minimum Gasteiger partial charge on any atom is 0 e. The fraction of sp³-hybridized carbons (Fsp3) is 0.190. The third-order valence-electron chi connectivity index (χ3n) is 8.27. The Morgan fingerprint density at radius 2 is 1.68 bits per heavy atom. The average molecular weight is 897 g/mol. The number of rotatable bonds is 6. The summed E-state index contributed by atoms with van der Waals surface area (Å²) in [4.78, 5) is 18.4. The van der Waals surface area contributed by atoms with E-state index in [1.807, 2.05) is 106 Å². The Morgan fingerprint density at radius 1 is 0.880 bits per heavy atom. The zero-order valence-electron chi connectivity index (χ0n) is 30.9. The van der Waals surface area contributed by atoms with Gasteiger partial charge in [-0.2, -0.15) is 0 Å². The normalized spacial score (nSPS) is 12.4. The molecule has 0 spiro atoms. The van der Waals surface area contributed by atoms with Crippen LogP contribution in [0.25, 0.3) is 61.4 Å². The molecule has 3 aromatic carbocycles. The first kappa shape index (κ1) is 32.8. The first-order chi connectivity index (χ1) is 24.4. The quantitative estimate of drug-likeness (QED) is 0.123. The number of pyridine rings is 3. The molecule has 0 amide bonds. The van der Waals surface area contributed by atoms with Gasteiger partial charge in [0.05, 0.1) is 28.6 Å². The zero-order chi connectivity index (χ0) is 35.9. The van der Waals surface area contributed by atoms with Gasteiger partial charge in [-0.1, -0.05) is 29.1 Å². The number of nitrogens with zero attached hydrogens (tertiary/aromatic N) is 5. The molecule has 0 aliphatic rings. The number of benzene rings is 3. The van der Waals surface area contributed by atoms with E-state index in [4.69, 9.17) is 12.1 Å². The van der Waals surface area contributed by atoms with Gasteiger partial charge in [0.25, 0.3) is 0 Å². The minimum absolute atomic E-state index is 0. The molecule has 0 saturated heterocycles. The first-order valence-corrected chi connectivity index (χ1v) is 23.8. The Morgan fingerprint density at radius 3 is 2.42 bits per heavy atom. The van der Waals surface area contributed by atoms with Crippen LogP contribution in [0, 0.1) is 25.0 Å². The fourth-order valence-electron chi connectivity index (χ4n) is 5.99. The van der Waals surface area contributed by atoms with E-state index in [9.17, 15) is 0 Å². The summed E-state index contributed by atoms with van der Waals surface area (Å²) in [6.45, 7) is 5.84. The Hall–Kier alpha value is -4.43. The van der Waals surface area contributed by atoms with Crippen molar-refractivity contribution in [2.24, 2.45) is 5.92 Å². The topological polar surface area (TPSA) is 69.6 Å². The molecule has 8 aromatic rings. The number of fused-ring (bicyclic) bond motifs is 4. The van der Waals surface area contributed by atoms with Crippen LogP contribution in [0.15, 0.2) is 114 Å². The molecule has 6 nitrogen and oxygen atoms in total. The predicted molar refractivity (Wildman–Crippen MR) is 203 cm³/mol. The zero-order valence-corrected chi connectivity index (χ0v) is 33.4. The number of aryl methyl sites for hydroxylation is 1. The smallest absolute Gasteiger partial charge is 0 e. The molecule has 0 aliphatic carbocycles. The summed E-state index contributed by atoms with van der Waals surface area (Å²) in [5.74, 6) is 7.54. The number of imidazole rings is 1. The van der Waals surface area contributed by atoms with Gasteiger partial charge in [-0.25, -0.2) is 4.98 Å². The molecular weight excluding hydrogens is 855 g/mol. The van der Waals surface area contributed by atoms with Gasteiger partial charge in [0.1, 0.15) is 0 Å². The van der Waals surface area contributed by atoms with E-state index in [0.29, 0.717) is 5.71 Å². The largest absolute Gasteiger partial charge is 0 e. The van der Waals surface area contributed by atoms with Crippen molar-refractivity contribution in [3.8, 4) is 28.3 Å². The summed E-state index contributed by atoms with van der Waals surface area (Å²) in [5.41, 5.74) is 8.44. The Kier molecular flexibility index (Phi) is 9.71. The molecule has 8 rings (SSSR count). The van der Waals surface area contributed by atoms with Gasteiger partial charge < -0.3 is 8.98 Å². The van der Waals surface area contributed by atoms with Crippen molar-refractivity contribution in [3.63, 3.8) is 0 Å². The van der Waals surface area contributed by atoms with Gasteiger partial charge in [-0.3, -0.25) is 9.97 Å². The van der Waals surface area contributed by atoms with E-state index in [2.05, 4.69) is 67.1 Å². The molecule has 5 heterocycles. The van der Waals surface area contributed by atoms with Crippen molar-refractivity contribution in [1.82, 2.24) is 24.5 Å². The van der Waals surface area contributed by atoms with Crippen LogP contribution in [0.3, 0.4) is 0 Å². The van der Waals surface area contributed by atoms with Crippen LogP contribution in [0.2, 0.25) is 17.3 Å². The molecule has 0 saturated carbocycles. The van der Waals surface area contributed by atoms with Crippen molar-refractivity contribution in [2.75, 3.05) is 0 Å². The first-order valence-electron chi connectivity index (χ1n) is 17.5. The van der Waals surface area contributed by atoms with Crippen molar-refractivity contribution < 1.29 is 27.3 Å². The van der Waals surface area contributed by atoms with E-state index < -0.39 is 19.6 Å². The summed E-state index contributed by atoms with van der Waals surface area (Å²) in [5, 5.41) is 2.00. The number of hydrogen-bond donors (Lipinski definition) is 0. The SMILES string of the molecule is Cc1ccc2c(n1)oc1c(-c3nc4ccncc4n3-c3ccccc3)[c-]ccc12.[2H]C([2H])(c1cc(-c2[c-]cccc2)nc[c]1[Ge]([CH3])([CH3])[CH3])C(C)C.[Ir]. The number of furan rings is 1. The summed E-state index contributed by atoms with van der Waals surface area (Å²) >= 11 is -2.20. The monoisotopic (exact) mass is 898 g/mol. The van der Waals surface area contributed by atoms with Crippen LogP contribution in [0.1, 0.15) is 27.8 Å². The van der Waals surface area contributed by atoms with E-state index in [-0.39, 0.29) is 26.0 Å². The van der Waals surface area contributed by atoms with Crippen LogP contribution in [-0.4, -0.2) is 37.8 Å². The molecule has 8 heteroatoms. The number of aromatic nitrogens is 5. The number of para-hydroxylation sites is 1. The predicted octanol–water partition coefficient (Wildman–Crippen LogP) is 9.78. The summed E-state index contributed by atoms with van der Waals surface area (Å²) < 4.78 is 26.6. The van der Waals surface area contributed by atoms with Gasteiger partial charge >= 0.3 is 128 Å². The van der Waals surface area contributed by atoms with Crippen LogP contribution in [-0.2, 0) is 26.5 Å². The van der Waals surface area contributed by atoms with Gasteiger partial charge in [0.15, 0.2) is 0 Å². The van der Waals surface area contributed by atoms with Crippen molar-refractivity contribution >= 4 is 50.8 Å². The fourth-order valence-corrected chi connectivity index (χ4v) is 8.94. The molecule has 0 bridgehead atoms. The van der Waals surface area contributed by atoms with Crippen molar-refractivity contribution in [3.05, 3.63) is 133 Å². The maximum Gasteiger partial charge on any atom is 0 e.